The summed E-state index contributed by atoms with van der Waals surface area (Å²) in [4.78, 5) is 36.8. The molecular formula is C18H28N4O3S. The van der Waals surface area contributed by atoms with Gasteiger partial charge in [-0.3, -0.25) is 9.59 Å². The van der Waals surface area contributed by atoms with Crippen LogP contribution in [0.15, 0.2) is 6.33 Å². The summed E-state index contributed by atoms with van der Waals surface area (Å²) < 4.78 is 5.09. The van der Waals surface area contributed by atoms with Gasteiger partial charge in [0, 0.05) is 51.0 Å². The van der Waals surface area contributed by atoms with Crippen molar-refractivity contribution >= 4 is 23.6 Å². The predicted octanol–water partition coefficient (Wildman–Crippen LogP) is 1.40. The van der Waals surface area contributed by atoms with Gasteiger partial charge in [-0.2, -0.15) is 11.8 Å². The molecule has 8 heteroatoms. The largest absolute Gasteiger partial charge is 0.375 e. The number of likely N-dealkylation sites (tertiary alicyclic amines) is 1. The number of amides is 2. The van der Waals surface area contributed by atoms with Crippen LogP contribution in [0.4, 0.5) is 0 Å². The van der Waals surface area contributed by atoms with E-state index in [-0.39, 0.29) is 18.4 Å². The molecule has 0 radical (unpaired) electrons. The second-order valence-electron chi connectivity index (χ2n) is 6.82. The van der Waals surface area contributed by atoms with Crippen molar-refractivity contribution in [3.63, 3.8) is 0 Å². The molecule has 2 aliphatic rings. The van der Waals surface area contributed by atoms with E-state index in [4.69, 9.17) is 4.74 Å². The molecule has 7 nitrogen and oxygen atoms in total. The van der Waals surface area contributed by atoms with Crippen molar-refractivity contribution in [2.24, 2.45) is 0 Å². The number of carbonyl (C=O) groups excluding carboxylic acids is 2. The number of fused-ring (bicyclic) bond motifs is 2. The van der Waals surface area contributed by atoms with Crippen LogP contribution in [-0.2, 0) is 26.3 Å². The monoisotopic (exact) mass is 380 g/mol. The molecular weight excluding hydrogens is 352 g/mol. The standard InChI is InChI=1S/C18H28N4O3S/c1-3-26-11-5-15(23)21-9-6-18(7-10-21)17-14(19-13-20-17)4-8-22(18)16(24)12-25-2/h13H,3-12H2,1-2H3,(H,19,20). The van der Waals surface area contributed by atoms with Crippen molar-refractivity contribution in [1.29, 1.82) is 0 Å². The number of ether oxygens (including phenoxy) is 1. The quantitative estimate of drug-likeness (QED) is 0.755. The van der Waals surface area contributed by atoms with Crippen LogP contribution in [-0.4, -0.2) is 76.4 Å². The third-order valence-corrected chi connectivity index (χ3v) is 6.34. The van der Waals surface area contributed by atoms with E-state index in [1.54, 1.807) is 25.2 Å². The Morgan fingerprint density at radius 1 is 1.31 bits per heavy atom. The van der Waals surface area contributed by atoms with Gasteiger partial charge in [0.1, 0.15) is 6.61 Å². The highest BCUT2D eigenvalue weighted by atomic mass is 32.2. The van der Waals surface area contributed by atoms with Crippen molar-refractivity contribution < 1.29 is 14.3 Å². The number of aromatic amines is 1. The van der Waals surface area contributed by atoms with Gasteiger partial charge in [0.05, 0.1) is 17.6 Å². The molecule has 1 N–H and O–H groups in total. The lowest BCUT2D eigenvalue weighted by molar-refractivity contribution is -0.147. The summed E-state index contributed by atoms with van der Waals surface area (Å²) >= 11 is 1.80. The van der Waals surface area contributed by atoms with Crippen molar-refractivity contribution in [2.45, 2.75) is 38.1 Å². The maximum Gasteiger partial charge on any atom is 0.249 e. The van der Waals surface area contributed by atoms with Crippen LogP contribution in [0.25, 0.3) is 0 Å². The second-order valence-corrected chi connectivity index (χ2v) is 8.21. The van der Waals surface area contributed by atoms with Crippen LogP contribution in [0.2, 0.25) is 0 Å². The lowest BCUT2D eigenvalue weighted by Gasteiger charge is -2.50. The Morgan fingerprint density at radius 3 is 2.77 bits per heavy atom. The number of hydrogen-bond donors (Lipinski definition) is 1. The van der Waals surface area contributed by atoms with E-state index in [2.05, 4.69) is 16.9 Å². The van der Waals surface area contributed by atoms with Gasteiger partial charge < -0.3 is 19.5 Å². The Morgan fingerprint density at radius 2 is 2.08 bits per heavy atom. The smallest absolute Gasteiger partial charge is 0.249 e. The SMILES string of the molecule is CCSCCC(=O)N1CCC2(CC1)c1nc[nH]c1CCN2C(=O)COC. The highest BCUT2D eigenvalue weighted by molar-refractivity contribution is 7.99. The fourth-order valence-corrected chi connectivity index (χ4v) is 4.75. The number of hydrogen-bond acceptors (Lipinski definition) is 5. The lowest BCUT2D eigenvalue weighted by Crippen LogP contribution is -2.59. The van der Waals surface area contributed by atoms with E-state index < -0.39 is 5.54 Å². The number of thioether (sulfide) groups is 1. The third kappa shape index (κ3) is 3.62. The molecule has 1 aromatic rings. The molecule has 0 aliphatic carbocycles. The summed E-state index contributed by atoms with van der Waals surface area (Å²) in [6.45, 7) is 4.18. The second kappa shape index (κ2) is 8.43. The number of nitrogens with zero attached hydrogens (tertiary/aromatic N) is 3. The van der Waals surface area contributed by atoms with Crippen LogP contribution >= 0.6 is 11.8 Å². The number of H-pyrrole nitrogens is 1. The molecule has 26 heavy (non-hydrogen) atoms. The van der Waals surface area contributed by atoms with Gasteiger partial charge in [-0.25, -0.2) is 4.98 Å². The summed E-state index contributed by atoms with van der Waals surface area (Å²) in [6.07, 6.45) is 4.55. The van der Waals surface area contributed by atoms with E-state index in [1.807, 2.05) is 9.80 Å². The molecule has 0 aromatic carbocycles. The number of carbonyl (C=O) groups is 2. The number of nitrogens with one attached hydrogen (secondary N) is 1. The van der Waals surface area contributed by atoms with E-state index in [9.17, 15) is 9.59 Å². The highest BCUT2D eigenvalue weighted by Crippen LogP contribution is 2.42. The molecule has 1 fully saturated rings. The van der Waals surface area contributed by atoms with Crippen molar-refractivity contribution in [1.82, 2.24) is 19.8 Å². The molecule has 0 unspecified atom stereocenters. The molecule has 144 valence electrons. The lowest BCUT2D eigenvalue weighted by atomic mass is 9.78. The van der Waals surface area contributed by atoms with Gasteiger partial charge in [-0.1, -0.05) is 6.92 Å². The number of rotatable bonds is 6. The Bertz CT molecular complexity index is 640. The molecule has 2 amide bonds. The van der Waals surface area contributed by atoms with Gasteiger partial charge in [-0.05, 0) is 18.6 Å². The first-order valence-electron chi connectivity index (χ1n) is 9.30. The highest BCUT2D eigenvalue weighted by Gasteiger charge is 2.48. The maximum atomic E-state index is 12.7. The Balaban J connectivity index is 1.74. The average Bonchev–Trinajstić information content (AvgIpc) is 3.13. The first-order valence-corrected chi connectivity index (χ1v) is 10.5. The predicted molar refractivity (Wildman–Crippen MR) is 101 cm³/mol. The summed E-state index contributed by atoms with van der Waals surface area (Å²) in [5.41, 5.74) is 1.67. The fourth-order valence-electron chi connectivity index (χ4n) is 4.14. The van der Waals surface area contributed by atoms with E-state index >= 15 is 0 Å². The van der Waals surface area contributed by atoms with E-state index in [1.165, 1.54) is 0 Å². The number of piperidine rings is 1. The topological polar surface area (TPSA) is 78.5 Å². The molecule has 0 saturated carbocycles. The van der Waals surface area contributed by atoms with Crippen molar-refractivity contribution in [3.8, 4) is 0 Å². The van der Waals surface area contributed by atoms with E-state index in [0.717, 1.165) is 42.2 Å². The minimum Gasteiger partial charge on any atom is -0.375 e. The molecule has 0 bridgehead atoms. The van der Waals surface area contributed by atoms with Gasteiger partial charge in [0.2, 0.25) is 11.8 Å². The first kappa shape index (κ1) is 19.2. The van der Waals surface area contributed by atoms with Gasteiger partial charge in [-0.15, -0.1) is 0 Å². The number of aromatic nitrogens is 2. The summed E-state index contributed by atoms with van der Waals surface area (Å²) in [7, 11) is 1.55. The zero-order chi connectivity index (χ0) is 18.6. The Kier molecular flexibility index (Phi) is 6.24. The van der Waals surface area contributed by atoms with Crippen molar-refractivity contribution in [2.75, 3.05) is 44.9 Å². The number of imidazole rings is 1. The molecule has 3 rings (SSSR count). The van der Waals surface area contributed by atoms with Crippen LogP contribution in [0.3, 0.4) is 0 Å². The van der Waals surface area contributed by atoms with Crippen LogP contribution in [0.1, 0.15) is 37.6 Å². The van der Waals surface area contributed by atoms with E-state index in [0.29, 0.717) is 26.1 Å². The van der Waals surface area contributed by atoms with Crippen LogP contribution < -0.4 is 0 Å². The normalized spacial score (nSPS) is 18.8. The molecule has 1 aromatic heterocycles. The molecule has 1 spiro atoms. The molecule has 1 saturated heterocycles. The minimum atomic E-state index is -0.419. The van der Waals surface area contributed by atoms with Crippen molar-refractivity contribution in [3.05, 3.63) is 17.7 Å². The summed E-state index contributed by atoms with van der Waals surface area (Å²) in [5, 5.41) is 0. The van der Waals surface area contributed by atoms with Crippen LogP contribution in [0.5, 0.6) is 0 Å². The Labute approximate surface area is 158 Å². The van der Waals surface area contributed by atoms with Gasteiger partial charge >= 0.3 is 0 Å². The summed E-state index contributed by atoms with van der Waals surface area (Å²) in [5.74, 6) is 2.13. The zero-order valence-electron chi connectivity index (χ0n) is 15.6. The molecule has 0 atom stereocenters. The zero-order valence-corrected chi connectivity index (χ0v) is 16.4. The van der Waals surface area contributed by atoms with Gasteiger partial charge in [0.15, 0.2) is 0 Å². The minimum absolute atomic E-state index is 0.000252. The first-order chi connectivity index (χ1) is 12.6. The number of methoxy groups -OCH3 is 1. The Hall–Kier alpha value is -1.54. The fraction of sp³-hybridized carbons (Fsp3) is 0.722. The summed E-state index contributed by atoms with van der Waals surface area (Å²) in [6, 6.07) is 0. The average molecular weight is 381 g/mol. The third-order valence-electron chi connectivity index (χ3n) is 5.44. The molecule has 2 aliphatic heterocycles. The maximum absolute atomic E-state index is 12.7. The van der Waals surface area contributed by atoms with Crippen LogP contribution in [0, 0.1) is 0 Å². The van der Waals surface area contributed by atoms with Gasteiger partial charge in [0.25, 0.3) is 0 Å². The molecule has 3 heterocycles.